The standard InChI is InChI=1S/C15H17N5O3/c1-3-19-15(14(20(21)22)11(2)18-19)17-8-9-23-13-6-4-12(10-16)5-7-13/h4-7,17H,3,8-9H2,1-2H3. The molecule has 8 heteroatoms. The van der Waals surface area contributed by atoms with Crippen LogP contribution < -0.4 is 10.1 Å². The normalized spacial score (nSPS) is 10.1. The zero-order valence-corrected chi connectivity index (χ0v) is 12.9. The van der Waals surface area contributed by atoms with Crippen molar-refractivity contribution in [2.45, 2.75) is 20.4 Å². The zero-order chi connectivity index (χ0) is 16.8. The molecule has 0 spiro atoms. The number of hydrogen-bond acceptors (Lipinski definition) is 6. The molecule has 0 saturated carbocycles. The molecule has 1 N–H and O–H groups in total. The van der Waals surface area contributed by atoms with Gasteiger partial charge in [0.15, 0.2) is 0 Å². The first-order valence-corrected chi connectivity index (χ1v) is 7.15. The maximum absolute atomic E-state index is 11.1. The smallest absolute Gasteiger partial charge is 0.333 e. The van der Waals surface area contributed by atoms with E-state index >= 15 is 0 Å². The molecule has 0 aliphatic rings. The van der Waals surface area contributed by atoms with Crippen LogP contribution in [0.2, 0.25) is 0 Å². The fraction of sp³-hybridized carbons (Fsp3) is 0.333. The number of hydrogen-bond donors (Lipinski definition) is 1. The minimum absolute atomic E-state index is 0.00905. The molecular weight excluding hydrogens is 298 g/mol. The SMILES string of the molecule is CCn1nc(C)c([N+](=O)[O-])c1NCCOc1ccc(C#N)cc1. The van der Waals surface area contributed by atoms with Gasteiger partial charge in [0.1, 0.15) is 18.1 Å². The molecule has 0 aliphatic heterocycles. The summed E-state index contributed by atoms with van der Waals surface area (Å²) < 4.78 is 7.10. The largest absolute Gasteiger partial charge is 0.492 e. The highest BCUT2D eigenvalue weighted by Gasteiger charge is 2.24. The van der Waals surface area contributed by atoms with Gasteiger partial charge < -0.3 is 10.1 Å². The predicted octanol–water partition coefficient (Wildman–Crippen LogP) is 2.48. The van der Waals surface area contributed by atoms with Gasteiger partial charge in [0, 0.05) is 6.54 Å². The van der Waals surface area contributed by atoms with Crippen molar-refractivity contribution in [3.8, 4) is 11.8 Å². The molecule has 8 nitrogen and oxygen atoms in total. The third-order valence-corrected chi connectivity index (χ3v) is 3.22. The number of nitrogens with zero attached hydrogens (tertiary/aromatic N) is 4. The van der Waals surface area contributed by atoms with Gasteiger partial charge in [-0.25, -0.2) is 4.68 Å². The van der Waals surface area contributed by atoms with E-state index < -0.39 is 4.92 Å². The Hall–Kier alpha value is -3.08. The molecule has 0 radical (unpaired) electrons. The van der Waals surface area contributed by atoms with Crippen LogP contribution in [0.5, 0.6) is 5.75 Å². The number of aromatic nitrogens is 2. The van der Waals surface area contributed by atoms with Crippen molar-refractivity contribution >= 4 is 11.5 Å². The highest BCUT2D eigenvalue weighted by molar-refractivity contribution is 5.59. The highest BCUT2D eigenvalue weighted by atomic mass is 16.6. The van der Waals surface area contributed by atoms with Gasteiger partial charge in [-0.05, 0) is 38.1 Å². The van der Waals surface area contributed by atoms with Gasteiger partial charge in [0.2, 0.25) is 5.82 Å². The van der Waals surface area contributed by atoms with E-state index in [2.05, 4.69) is 10.4 Å². The van der Waals surface area contributed by atoms with Gasteiger partial charge in [-0.15, -0.1) is 0 Å². The van der Waals surface area contributed by atoms with Gasteiger partial charge >= 0.3 is 5.69 Å². The Labute approximate surface area is 133 Å². The summed E-state index contributed by atoms with van der Waals surface area (Å²) >= 11 is 0. The molecule has 0 unspecified atom stereocenters. The molecule has 1 aromatic heterocycles. The fourth-order valence-corrected chi connectivity index (χ4v) is 2.16. The Morgan fingerprint density at radius 3 is 2.70 bits per heavy atom. The summed E-state index contributed by atoms with van der Waals surface area (Å²) in [4.78, 5) is 10.7. The molecule has 0 atom stereocenters. The van der Waals surface area contributed by atoms with E-state index in [-0.39, 0.29) is 5.69 Å². The molecular formula is C15H17N5O3. The van der Waals surface area contributed by atoms with E-state index in [1.807, 2.05) is 13.0 Å². The van der Waals surface area contributed by atoms with E-state index in [1.54, 1.807) is 35.9 Å². The monoisotopic (exact) mass is 315 g/mol. The van der Waals surface area contributed by atoms with Crippen LogP contribution in [0.15, 0.2) is 24.3 Å². The Morgan fingerprint density at radius 2 is 2.13 bits per heavy atom. The summed E-state index contributed by atoms with van der Waals surface area (Å²) in [6.45, 7) is 4.74. The molecule has 0 saturated heterocycles. The number of nitrogens with one attached hydrogen (secondary N) is 1. The topological polar surface area (TPSA) is 106 Å². The van der Waals surface area contributed by atoms with Crippen LogP contribution in [0, 0.1) is 28.4 Å². The van der Waals surface area contributed by atoms with Crippen molar-refractivity contribution in [2.75, 3.05) is 18.5 Å². The molecule has 0 amide bonds. The number of aryl methyl sites for hydroxylation is 2. The van der Waals surface area contributed by atoms with Crippen molar-refractivity contribution in [1.29, 1.82) is 5.26 Å². The van der Waals surface area contributed by atoms with Crippen LogP contribution >= 0.6 is 0 Å². The number of benzene rings is 1. The van der Waals surface area contributed by atoms with Crippen molar-refractivity contribution in [3.63, 3.8) is 0 Å². The quantitative estimate of drug-likeness (QED) is 0.478. The van der Waals surface area contributed by atoms with Crippen LogP contribution in [-0.2, 0) is 6.54 Å². The van der Waals surface area contributed by atoms with Gasteiger partial charge in [-0.2, -0.15) is 10.4 Å². The first-order chi connectivity index (χ1) is 11.1. The molecule has 1 heterocycles. The molecule has 1 aromatic carbocycles. The van der Waals surface area contributed by atoms with Crippen molar-refractivity contribution in [1.82, 2.24) is 9.78 Å². The molecule has 0 bridgehead atoms. The van der Waals surface area contributed by atoms with Gasteiger partial charge in [0.05, 0.1) is 23.1 Å². The minimum Gasteiger partial charge on any atom is -0.492 e. The molecule has 2 aromatic rings. The Kier molecular flexibility index (Phi) is 5.15. The Bertz CT molecular complexity index is 731. The summed E-state index contributed by atoms with van der Waals surface area (Å²) in [5, 5.41) is 27.0. The number of anilines is 1. The highest BCUT2D eigenvalue weighted by Crippen LogP contribution is 2.27. The van der Waals surface area contributed by atoms with Crippen molar-refractivity contribution in [2.24, 2.45) is 0 Å². The fourth-order valence-electron chi connectivity index (χ4n) is 2.16. The lowest BCUT2D eigenvalue weighted by Gasteiger charge is -2.09. The second-order valence-corrected chi connectivity index (χ2v) is 4.77. The Balaban J connectivity index is 1.96. The van der Waals surface area contributed by atoms with E-state index in [9.17, 15) is 10.1 Å². The lowest BCUT2D eigenvalue weighted by molar-refractivity contribution is -0.384. The van der Waals surface area contributed by atoms with E-state index in [1.165, 1.54) is 0 Å². The maximum atomic E-state index is 11.1. The first-order valence-electron chi connectivity index (χ1n) is 7.15. The lowest BCUT2D eigenvalue weighted by atomic mass is 10.2. The average Bonchev–Trinajstić information content (AvgIpc) is 2.88. The van der Waals surface area contributed by atoms with Crippen LogP contribution in [0.25, 0.3) is 0 Å². The van der Waals surface area contributed by atoms with Crippen LogP contribution in [0.3, 0.4) is 0 Å². The zero-order valence-electron chi connectivity index (χ0n) is 12.9. The van der Waals surface area contributed by atoms with Crippen molar-refractivity contribution < 1.29 is 9.66 Å². The minimum atomic E-state index is -0.432. The van der Waals surface area contributed by atoms with Crippen molar-refractivity contribution in [3.05, 3.63) is 45.6 Å². The predicted molar refractivity (Wildman–Crippen MR) is 84.4 cm³/mol. The summed E-state index contributed by atoms with van der Waals surface area (Å²) in [6, 6.07) is 8.79. The van der Waals surface area contributed by atoms with Gasteiger partial charge in [0.25, 0.3) is 0 Å². The van der Waals surface area contributed by atoms with Gasteiger partial charge in [-0.3, -0.25) is 10.1 Å². The van der Waals surface area contributed by atoms with Crippen LogP contribution in [0.1, 0.15) is 18.2 Å². The Morgan fingerprint density at radius 1 is 1.43 bits per heavy atom. The molecule has 0 aliphatic carbocycles. The number of nitro groups is 1. The lowest BCUT2D eigenvalue weighted by Crippen LogP contribution is -2.15. The molecule has 0 fully saturated rings. The van der Waals surface area contributed by atoms with Gasteiger partial charge in [-0.1, -0.05) is 0 Å². The second kappa shape index (κ2) is 7.26. The molecule has 23 heavy (non-hydrogen) atoms. The molecule has 120 valence electrons. The van der Waals surface area contributed by atoms with E-state index in [0.29, 0.717) is 42.5 Å². The van der Waals surface area contributed by atoms with E-state index in [0.717, 1.165) is 0 Å². The maximum Gasteiger partial charge on any atom is 0.333 e. The summed E-state index contributed by atoms with van der Waals surface area (Å²) in [6.07, 6.45) is 0. The molecule has 2 rings (SSSR count). The van der Waals surface area contributed by atoms with Crippen LogP contribution in [0.4, 0.5) is 11.5 Å². The van der Waals surface area contributed by atoms with Crippen LogP contribution in [-0.4, -0.2) is 27.9 Å². The summed E-state index contributed by atoms with van der Waals surface area (Å²) in [5.41, 5.74) is 0.936. The number of ether oxygens (including phenoxy) is 1. The summed E-state index contributed by atoms with van der Waals surface area (Å²) in [7, 11) is 0. The second-order valence-electron chi connectivity index (χ2n) is 4.77. The van der Waals surface area contributed by atoms with E-state index in [4.69, 9.17) is 10.00 Å². The number of nitriles is 1. The average molecular weight is 315 g/mol. The first kappa shape index (κ1) is 16.3. The third kappa shape index (κ3) is 3.77. The third-order valence-electron chi connectivity index (χ3n) is 3.22. The number of rotatable bonds is 7. The summed E-state index contributed by atoms with van der Waals surface area (Å²) in [5.74, 6) is 1.03.